The van der Waals surface area contributed by atoms with Crippen LogP contribution in [0.15, 0.2) is 53.1 Å². The van der Waals surface area contributed by atoms with Gasteiger partial charge in [-0.15, -0.1) is 11.8 Å². The Morgan fingerprint density at radius 1 is 1.24 bits per heavy atom. The van der Waals surface area contributed by atoms with Crippen LogP contribution in [0.5, 0.6) is 0 Å². The highest BCUT2D eigenvalue weighted by molar-refractivity contribution is 7.99. The number of allylic oxidation sites excluding steroid dienone is 1. The molecule has 29 heavy (non-hydrogen) atoms. The zero-order valence-electron chi connectivity index (χ0n) is 16.2. The lowest BCUT2D eigenvalue weighted by Crippen LogP contribution is -2.09. The van der Waals surface area contributed by atoms with E-state index in [4.69, 9.17) is 4.74 Å². The van der Waals surface area contributed by atoms with E-state index in [1.54, 1.807) is 17.8 Å². The molecular weight excluding hydrogens is 386 g/mol. The molecule has 0 amide bonds. The number of esters is 1. The molecule has 0 aliphatic heterocycles. The van der Waals surface area contributed by atoms with Gasteiger partial charge in [-0.1, -0.05) is 18.2 Å². The van der Waals surface area contributed by atoms with Crippen LogP contribution in [0, 0.1) is 25.2 Å². The number of aliphatic hydroxyl groups is 1. The van der Waals surface area contributed by atoms with E-state index in [1.165, 1.54) is 11.1 Å². The summed E-state index contributed by atoms with van der Waals surface area (Å²) >= 11 is 1.57. The standard InChI is InChI=1S/C22H21N3O3S/c1-14-7-8-16(11-15(14)2)29-10-9-21(27)28-13-20(26)17(12-23)22-24-18-5-3-4-6-19(18)25-22/h3-8,11,26H,9-10,13H2,1-2H3,(H,24,25)/b20-17-. The molecule has 7 heteroatoms. The average Bonchev–Trinajstić information content (AvgIpc) is 3.13. The van der Waals surface area contributed by atoms with Crippen LogP contribution in [0.25, 0.3) is 16.6 Å². The van der Waals surface area contributed by atoms with E-state index in [2.05, 4.69) is 35.9 Å². The van der Waals surface area contributed by atoms with Crippen molar-refractivity contribution in [3.63, 3.8) is 0 Å². The van der Waals surface area contributed by atoms with Crippen molar-refractivity contribution in [2.24, 2.45) is 0 Å². The van der Waals surface area contributed by atoms with Crippen molar-refractivity contribution >= 4 is 34.3 Å². The smallest absolute Gasteiger partial charge is 0.307 e. The van der Waals surface area contributed by atoms with Crippen molar-refractivity contribution in [1.29, 1.82) is 5.26 Å². The molecule has 0 saturated heterocycles. The Balaban J connectivity index is 1.55. The van der Waals surface area contributed by atoms with Crippen LogP contribution in [0.1, 0.15) is 23.4 Å². The highest BCUT2D eigenvalue weighted by Crippen LogP contribution is 2.22. The second-order valence-corrected chi connectivity index (χ2v) is 7.71. The number of para-hydroxylation sites is 2. The van der Waals surface area contributed by atoms with Crippen LogP contribution >= 0.6 is 11.8 Å². The van der Waals surface area contributed by atoms with Crippen LogP contribution in [-0.4, -0.2) is 33.4 Å². The molecule has 1 heterocycles. The Labute approximate surface area is 173 Å². The van der Waals surface area contributed by atoms with Gasteiger partial charge in [-0.2, -0.15) is 5.26 Å². The van der Waals surface area contributed by atoms with Crippen LogP contribution in [0.2, 0.25) is 0 Å². The third-order valence-electron chi connectivity index (χ3n) is 4.45. The number of aromatic amines is 1. The van der Waals surface area contributed by atoms with Crippen LogP contribution in [0.3, 0.4) is 0 Å². The maximum absolute atomic E-state index is 12.0. The van der Waals surface area contributed by atoms with Crippen molar-refractivity contribution in [2.45, 2.75) is 25.2 Å². The third-order valence-corrected chi connectivity index (χ3v) is 5.45. The van der Waals surface area contributed by atoms with Gasteiger partial charge >= 0.3 is 5.97 Å². The molecular formula is C22H21N3O3S. The summed E-state index contributed by atoms with van der Waals surface area (Å²) in [6.45, 7) is 3.74. The first-order valence-corrected chi connectivity index (χ1v) is 10.1. The minimum absolute atomic E-state index is 0.0431. The molecule has 3 rings (SSSR count). The number of nitriles is 1. The topological polar surface area (TPSA) is 99.0 Å². The Kier molecular flexibility index (Phi) is 6.57. The lowest BCUT2D eigenvalue weighted by Gasteiger charge is -2.07. The summed E-state index contributed by atoms with van der Waals surface area (Å²) in [5.74, 6) is 0.0459. The summed E-state index contributed by atoms with van der Waals surface area (Å²) in [5.41, 5.74) is 3.83. The SMILES string of the molecule is Cc1ccc(SCCC(=O)OC/C(O)=C(\C#N)c2nc3ccccc3[nH]2)cc1C. The number of thioether (sulfide) groups is 1. The quantitative estimate of drug-likeness (QED) is 0.255. The summed E-state index contributed by atoms with van der Waals surface area (Å²) in [4.78, 5) is 20.3. The minimum atomic E-state index is -0.435. The van der Waals surface area contributed by atoms with E-state index >= 15 is 0 Å². The molecule has 0 saturated carbocycles. The zero-order valence-corrected chi connectivity index (χ0v) is 17.0. The minimum Gasteiger partial charge on any atom is -0.507 e. The van der Waals surface area contributed by atoms with Gasteiger partial charge in [-0.25, -0.2) is 4.98 Å². The van der Waals surface area contributed by atoms with E-state index in [1.807, 2.05) is 30.3 Å². The normalized spacial score (nSPS) is 11.8. The van der Waals surface area contributed by atoms with Crippen LogP contribution in [0.4, 0.5) is 0 Å². The lowest BCUT2D eigenvalue weighted by molar-refractivity contribution is -0.142. The number of aryl methyl sites for hydroxylation is 2. The second-order valence-electron chi connectivity index (χ2n) is 6.54. The first-order valence-electron chi connectivity index (χ1n) is 9.11. The molecule has 0 spiro atoms. The average molecular weight is 407 g/mol. The summed E-state index contributed by atoms with van der Waals surface area (Å²) in [5, 5.41) is 19.6. The fourth-order valence-electron chi connectivity index (χ4n) is 2.67. The van der Waals surface area contributed by atoms with Crippen molar-refractivity contribution in [1.82, 2.24) is 9.97 Å². The number of aliphatic hydroxyl groups excluding tert-OH is 1. The molecule has 1 aromatic heterocycles. The zero-order chi connectivity index (χ0) is 20.8. The maximum Gasteiger partial charge on any atom is 0.307 e. The van der Waals surface area contributed by atoms with Gasteiger partial charge in [0, 0.05) is 10.6 Å². The van der Waals surface area contributed by atoms with Crippen molar-refractivity contribution in [3.8, 4) is 6.07 Å². The molecule has 0 radical (unpaired) electrons. The number of fused-ring (bicyclic) bond motifs is 1. The number of carbonyl (C=O) groups excluding carboxylic acids is 1. The molecule has 6 nitrogen and oxygen atoms in total. The van der Waals surface area contributed by atoms with Gasteiger partial charge in [0.1, 0.15) is 18.2 Å². The van der Waals surface area contributed by atoms with Crippen molar-refractivity contribution in [2.75, 3.05) is 12.4 Å². The van der Waals surface area contributed by atoms with Crippen molar-refractivity contribution in [3.05, 3.63) is 65.2 Å². The fraction of sp³-hybridized carbons (Fsp3) is 0.227. The van der Waals surface area contributed by atoms with Gasteiger partial charge < -0.3 is 14.8 Å². The lowest BCUT2D eigenvalue weighted by atomic mass is 10.1. The second kappa shape index (κ2) is 9.30. The Bertz CT molecular complexity index is 1080. The molecule has 0 fully saturated rings. The van der Waals surface area contributed by atoms with E-state index in [-0.39, 0.29) is 30.2 Å². The molecule has 0 aliphatic carbocycles. The van der Waals surface area contributed by atoms with E-state index in [0.29, 0.717) is 11.3 Å². The number of ether oxygens (including phenoxy) is 1. The largest absolute Gasteiger partial charge is 0.507 e. The van der Waals surface area contributed by atoms with Crippen LogP contribution < -0.4 is 0 Å². The number of hydrogen-bond acceptors (Lipinski definition) is 6. The number of imidazole rings is 1. The Morgan fingerprint density at radius 3 is 2.76 bits per heavy atom. The van der Waals surface area contributed by atoms with Gasteiger partial charge in [0.15, 0.2) is 11.6 Å². The maximum atomic E-state index is 12.0. The van der Waals surface area contributed by atoms with E-state index in [0.717, 1.165) is 10.4 Å². The summed E-state index contributed by atoms with van der Waals surface area (Å²) in [6, 6.07) is 15.4. The first-order chi connectivity index (χ1) is 14.0. The molecule has 0 aliphatic rings. The number of H-pyrrole nitrogens is 1. The highest BCUT2D eigenvalue weighted by atomic mass is 32.2. The fourth-order valence-corrected chi connectivity index (χ4v) is 3.60. The van der Waals surface area contributed by atoms with E-state index in [9.17, 15) is 15.2 Å². The molecule has 0 unspecified atom stereocenters. The number of rotatable bonds is 7. The number of nitrogens with zero attached hydrogens (tertiary/aromatic N) is 2. The predicted molar refractivity (Wildman–Crippen MR) is 113 cm³/mol. The van der Waals surface area contributed by atoms with Gasteiger partial charge in [-0.05, 0) is 49.2 Å². The molecule has 0 bridgehead atoms. The summed E-state index contributed by atoms with van der Waals surface area (Å²) in [6.07, 6.45) is 0.206. The predicted octanol–water partition coefficient (Wildman–Crippen LogP) is 4.70. The molecule has 0 atom stereocenters. The number of carbonyl (C=O) groups is 1. The number of aromatic nitrogens is 2. The molecule has 2 aromatic carbocycles. The molecule has 3 aromatic rings. The highest BCUT2D eigenvalue weighted by Gasteiger charge is 2.15. The van der Waals surface area contributed by atoms with Gasteiger partial charge in [-0.3, -0.25) is 4.79 Å². The monoisotopic (exact) mass is 407 g/mol. The van der Waals surface area contributed by atoms with E-state index < -0.39 is 5.97 Å². The number of benzene rings is 2. The molecule has 148 valence electrons. The third kappa shape index (κ3) is 5.18. The summed E-state index contributed by atoms with van der Waals surface area (Å²) in [7, 11) is 0. The summed E-state index contributed by atoms with van der Waals surface area (Å²) < 4.78 is 5.11. The molecule has 2 N–H and O–H groups in total. The Morgan fingerprint density at radius 2 is 2.03 bits per heavy atom. The van der Waals surface area contributed by atoms with Gasteiger partial charge in [0.25, 0.3) is 0 Å². The first kappa shape index (κ1) is 20.5. The Hall–Kier alpha value is -3.24. The number of nitrogens with one attached hydrogen (secondary N) is 1. The van der Waals surface area contributed by atoms with Crippen LogP contribution in [-0.2, 0) is 9.53 Å². The van der Waals surface area contributed by atoms with Gasteiger partial charge in [0.2, 0.25) is 0 Å². The van der Waals surface area contributed by atoms with Gasteiger partial charge in [0.05, 0.1) is 17.5 Å². The number of hydrogen-bond donors (Lipinski definition) is 2. The van der Waals surface area contributed by atoms with Crippen molar-refractivity contribution < 1.29 is 14.6 Å².